The molecule has 252 valence electrons. The third-order valence-electron chi connectivity index (χ3n) is 9.87. The fraction of sp³-hybridized carbons (Fsp3) is 0.541. The lowest BCUT2D eigenvalue weighted by molar-refractivity contribution is -0.114. The van der Waals surface area contributed by atoms with Crippen molar-refractivity contribution in [3.8, 4) is 0 Å². The Labute approximate surface area is 278 Å². The van der Waals surface area contributed by atoms with Crippen molar-refractivity contribution in [3.63, 3.8) is 0 Å². The number of benzene rings is 1. The molecule has 4 heterocycles. The number of piperidine rings is 1. The highest BCUT2D eigenvalue weighted by Crippen LogP contribution is 2.43. The van der Waals surface area contributed by atoms with E-state index in [1.807, 2.05) is 51.4 Å². The van der Waals surface area contributed by atoms with E-state index in [1.165, 1.54) is 18.4 Å². The summed E-state index contributed by atoms with van der Waals surface area (Å²) in [4.78, 5) is 46.6. The van der Waals surface area contributed by atoms with Crippen LogP contribution < -0.4 is 5.32 Å². The van der Waals surface area contributed by atoms with Gasteiger partial charge in [0.1, 0.15) is 17.6 Å². The van der Waals surface area contributed by atoms with Crippen molar-refractivity contribution in [2.75, 3.05) is 52.4 Å². The molecule has 1 aromatic carbocycles. The van der Waals surface area contributed by atoms with Gasteiger partial charge in [0, 0.05) is 94.4 Å². The highest BCUT2D eigenvalue weighted by atomic mass is 16.6. The molecule has 1 N–H and O–H groups in total. The van der Waals surface area contributed by atoms with Gasteiger partial charge in [0.2, 0.25) is 0 Å². The summed E-state index contributed by atoms with van der Waals surface area (Å²) in [6.07, 6.45) is 15.6. The molecular weight excluding hydrogens is 594 g/mol. The molecule has 0 radical (unpaired) electrons. The molecule has 0 spiro atoms. The second-order valence-electron chi connectivity index (χ2n) is 14.3. The lowest BCUT2D eigenvalue weighted by Gasteiger charge is -2.40. The van der Waals surface area contributed by atoms with Crippen molar-refractivity contribution >= 4 is 17.8 Å². The minimum absolute atomic E-state index is 0.00488. The van der Waals surface area contributed by atoms with Gasteiger partial charge in [0.15, 0.2) is 5.78 Å². The molecule has 3 saturated heterocycles. The minimum Gasteiger partial charge on any atom is -0.462 e. The standard InChI is InChI=1S/C37H49N5O5/c1-37(2,3)47-36(45)41-18-15-39(16-19-41)14-13-38-35(44)33-10-5-4-9-32(33)28-23-29-11-12-30(24-28)42(29)20-17-40-21-22-46-34(26-40)27-7-6-8-31(43)25-27/h4-10,21-22,26,28-30H,11-20,23-25H2,1-3H3,(H,38,44). The van der Waals surface area contributed by atoms with Gasteiger partial charge in [0.05, 0.1) is 0 Å². The molecule has 2 bridgehead atoms. The quantitative estimate of drug-likeness (QED) is 0.411. The topological polar surface area (TPSA) is 94.7 Å². The molecule has 47 heavy (non-hydrogen) atoms. The monoisotopic (exact) mass is 643 g/mol. The SMILES string of the molecule is CC(C)(C)OC(=O)N1CCN(CCNC(=O)c2ccccc2C2CC3CCC(C2)N3CCN2C=COC(C3=CC=CC(=O)C3)=C2)CC1. The fourth-order valence-corrected chi connectivity index (χ4v) is 7.54. The average molecular weight is 644 g/mol. The number of ether oxygens (including phenoxy) is 2. The van der Waals surface area contributed by atoms with Crippen LogP contribution in [0.4, 0.5) is 4.79 Å². The third-order valence-corrected chi connectivity index (χ3v) is 9.87. The lowest BCUT2D eigenvalue weighted by Crippen LogP contribution is -2.51. The number of carbonyl (C=O) groups excluding carboxylic acids is 3. The largest absolute Gasteiger partial charge is 0.462 e. The van der Waals surface area contributed by atoms with Crippen molar-refractivity contribution in [1.82, 2.24) is 24.9 Å². The molecule has 0 aromatic heterocycles. The summed E-state index contributed by atoms with van der Waals surface area (Å²) in [5.74, 6) is 1.20. The van der Waals surface area contributed by atoms with Crippen LogP contribution >= 0.6 is 0 Å². The zero-order valence-corrected chi connectivity index (χ0v) is 28.0. The Morgan fingerprint density at radius 1 is 1.00 bits per heavy atom. The summed E-state index contributed by atoms with van der Waals surface area (Å²) in [6.45, 7) is 11.6. The molecular formula is C37H49N5O5. The number of allylic oxidation sites excluding steroid dienone is 4. The predicted octanol–water partition coefficient (Wildman–Crippen LogP) is 4.78. The van der Waals surface area contributed by atoms with Crippen LogP contribution in [0.2, 0.25) is 0 Å². The van der Waals surface area contributed by atoms with E-state index in [1.54, 1.807) is 23.3 Å². The van der Waals surface area contributed by atoms with E-state index in [-0.39, 0.29) is 17.8 Å². The normalized spacial score (nSPS) is 24.9. The Morgan fingerprint density at radius 3 is 2.47 bits per heavy atom. The van der Waals surface area contributed by atoms with Gasteiger partial charge in [-0.25, -0.2) is 4.79 Å². The van der Waals surface area contributed by atoms with Crippen molar-refractivity contribution in [1.29, 1.82) is 0 Å². The maximum atomic E-state index is 13.4. The van der Waals surface area contributed by atoms with Gasteiger partial charge < -0.3 is 24.6 Å². The molecule has 4 aliphatic heterocycles. The van der Waals surface area contributed by atoms with Crippen LogP contribution in [0, 0.1) is 0 Å². The molecule has 1 aliphatic carbocycles. The number of ketones is 1. The Balaban J connectivity index is 0.980. The van der Waals surface area contributed by atoms with E-state index in [9.17, 15) is 14.4 Å². The highest BCUT2D eigenvalue weighted by Gasteiger charge is 2.41. The number of piperazine rings is 1. The number of rotatable bonds is 9. The number of amides is 2. The molecule has 0 saturated carbocycles. The summed E-state index contributed by atoms with van der Waals surface area (Å²) < 4.78 is 11.2. The first-order valence-corrected chi connectivity index (χ1v) is 17.2. The van der Waals surface area contributed by atoms with E-state index in [0.717, 1.165) is 62.5 Å². The van der Waals surface area contributed by atoms with Crippen LogP contribution in [0.1, 0.15) is 74.7 Å². The van der Waals surface area contributed by atoms with Crippen LogP contribution in [-0.2, 0) is 14.3 Å². The maximum Gasteiger partial charge on any atom is 0.410 e. The summed E-state index contributed by atoms with van der Waals surface area (Å²) in [5, 5.41) is 3.17. The first-order valence-electron chi connectivity index (χ1n) is 17.2. The summed E-state index contributed by atoms with van der Waals surface area (Å²) in [5.41, 5.74) is 2.38. The number of fused-ring (bicyclic) bond motifs is 2. The molecule has 1 aromatic rings. The molecule has 5 aliphatic rings. The van der Waals surface area contributed by atoms with Gasteiger partial charge in [-0.15, -0.1) is 0 Å². The third kappa shape index (κ3) is 8.34. The molecule has 6 rings (SSSR count). The first-order chi connectivity index (χ1) is 22.6. The molecule has 10 heteroatoms. The average Bonchev–Trinajstić information content (AvgIpc) is 3.29. The number of nitrogens with zero attached hydrogens (tertiary/aromatic N) is 4. The van der Waals surface area contributed by atoms with Gasteiger partial charge in [0.25, 0.3) is 5.91 Å². The summed E-state index contributed by atoms with van der Waals surface area (Å²) >= 11 is 0. The molecule has 10 nitrogen and oxygen atoms in total. The number of hydrogen-bond acceptors (Lipinski definition) is 8. The van der Waals surface area contributed by atoms with Gasteiger partial charge in [-0.3, -0.25) is 19.4 Å². The summed E-state index contributed by atoms with van der Waals surface area (Å²) in [6, 6.07) is 9.15. The minimum atomic E-state index is -0.495. The van der Waals surface area contributed by atoms with Gasteiger partial charge in [-0.2, -0.15) is 0 Å². The number of hydrogen-bond donors (Lipinski definition) is 1. The van der Waals surface area contributed by atoms with Crippen molar-refractivity contribution in [2.45, 2.75) is 76.5 Å². The molecule has 2 amide bonds. The Hall–Kier alpha value is -3.89. The smallest absolute Gasteiger partial charge is 0.410 e. The van der Waals surface area contributed by atoms with E-state index in [2.05, 4.69) is 32.1 Å². The van der Waals surface area contributed by atoms with Crippen molar-refractivity contribution in [2.24, 2.45) is 0 Å². The van der Waals surface area contributed by atoms with Crippen LogP contribution in [-0.4, -0.2) is 107 Å². The fourth-order valence-electron chi connectivity index (χ4n) is 7.54. The Kier molecular flexibility index (Phi) is 10.2. The Bertz CT molecular complexity index is 1440. The van der Waals surface area contributed by atoms with E-state index in [4.69, 9.17) is 9.47 Å². The van der Waals surface area contributed by atoms with Crippen LogP contribution in [0.25, 0.3) is 0 Å². The molecule has 3 fully saturated rings. The maximum absolute atomic E-state index is 13.4. The number of nitrogens with one attached hydrogen (secondary N) is 1. The summed E-state index contributed by atoms with van der Waals surface area (Å²) in [7, 11) is 0. The zero-order chi connectivity index (χ0) is 33.0. The van der Waals surface area contributed by atoms with Crippen molar-refractivity contribution in [3.05, 3.63) is 83.6 Å². The van der Waals surface area contributed by atoms with E-state index >= 15 is 0 Å². The first kappa shape index (κ1) is 33.0. The Morgan fingerprint density at radius 2 is 1.74 bits per heavy atom. The highest BCUT2D eigenvalue weighted by molar-refractivity contribution is 5.96. The van der Waals surface area contributed by atoms with Gasteiger partial charge >= 0.3 is 6.09 Å². The van der Waals surface area contributed by atoms with Gasteiger partial charge in [-0.1, -0.05) is 30.4 Å². The molecule has 2 atom stereocenters. The van der Waals surface area contributed by atoms with Crippen LogP contribution in [0.3, 0.4) is 0 Å². The van der Waals surface area contributed by atoms with Crippen molar-refractivity contribution < 1.29 is 23.9 Å². The zero-order valence-electron chi connectivity index (χ0n) is 28.0. The lowest BCUT2D eigenvalue weighted by atomic mass is 9.82. The van der Waals surface area contributed by atoms with Crippen LogP contribution in [0.5, 0.6) is 0 Å². The van der Waals surface area contributed by atoms with Gasteiger partial charge in [-0.05, 0) is 70.1 Å². The van der Waals surface area contributed by atoms with E-state index in [0.29, 0.717) is 44.1 Å². The van der Waals surface area contributed by atoms with Crippen LogP contribution in [0.15, 0.2) is 72.5 Å². The predicted molar refractivity (Wildman–Crippen MR) is 180 cm³/mol. The number of carbonyl (C=O) groups is 3. The van der Waals surface area contributed by atoms with E-state index < -0.39 is 5.60 Å². The second kappa shape index (κ2) is 14.5. The second-order valence-corrected chi connectivity index (χ2v) is 14.3. The molecule has 2 unspecified atom stereocenters.